The molecule has 4 atom stereocenters. The van der Waals surface area contributed by atoms with Crippen molar-refractivity contribution in [2.45, 2.75) is 57.7 Å². The first-order chi connectivity index (χ1) is 14.8. The second-order valence-electron chi connectivity index (χ2n) is 7.25. The molecule has 0 saturated carbocycles. The number of hydrogen-bond donors (Lipinski definition) is 0. The summed E-state index contributed by atoms with van der Waals surface area (Å²) in [4.78, 5) is 12.4. The fourth-order valence-corrected chi connectivity index (χ4v) is 3.37. The van der Waals surface area contributed by atoms with Crippen LogP contribution in [0.4, 0.5) is 13.2 Å². The summed E-state index contributed by atoms with van der Waals surface area (Å²) >= 11 is 0. The summed E-state index contributed by atoms with van der Waals surface area (Å²) in [6.07, 6.45) is -6.52. The van der Waals surface area contributed by atoms with E-state index in [0.29, 0.717) is 12.0 Å². The van der Waals surface area contributed by atoms with Crippen molar-refractivity contribution in [1.82, 2.24) is 0 Å². The Morgan fingerprint density at radius 1 is 1.13 bits per heavy atom. The van der Waals surface area contributed by atoms with E-state index in [0.717, 1.165) is 6.07 Å². The van der Waals surface area contributed by atoms with Crippen LogP contribution in [0.1, 0.15) is 41.8 Å². The lowest BCUT2D eigenvalue weighted by molar-refractivity contribution is -0.279. The van der Waals surface area contributed by atoms with Crippen LogP contribution >= 0.6 is 0 Å². The molecule has 0 N–H and O–H groups in total. The number of carbonyl (C=O) groups is 1. The third kappa shape index (κ3) is 6.06. The fourth-order valence-electron chi connectivity index (χ4n) is 3.37. The minimum absolute atomic E-state index is 0.0142. The molecule has 3 rings (SSSR count). The monoisotopic (exact) mass is 438 g/mol. The Morgan fingerprint density at radius 2 is 1.81 bits per heavy atom. The number of benzene rings is 2. The Balaban J connectivity index is 1.70. The molecule has 5 nitrogen and oxygen atoms in total. The van der Waals surface area contributed by atoms with Crippen molar-refractivity contribution in [2.75, 3.05) is 6.61 Å². The summed E-state index contributed by atoms with van der Waals surface area (Å²) < 4.78 is 62.6. The number of esters is 1. The summed E-state index contributed by atoms with van der Waals surface area (Å²) in [5.74, 6) is -0.516. The first-order valence-electron chi connectivity index (χ1n) is 10.1. The van der Waals surface area contributed by atoms with Gasteiger partial charge in [0, 0.05) is 0 Å². The highest BCUT2D eigenvalue weighted by atomic mass is 19.4. The average Bonchev–Trinajstić information content (AvgIpc) is 2.77. The zero-order valence-electron chi connectivity index (χ0n) is 17.3. The first-order valence-corrected chi connectivity index (χ1v) is 10.1. The van der Waals surface area contributed by atoms with Gasteiger partial charge in [-0.05, 0) is 37.1 Å². The molecular formula is C23H25F3O5. The Labute approximate surface area is 179 Å². The molecule has 0 radical (unpaired) electrons. The van der Waals surface area contributed by atoms with E-state index < -0.39 is 42.3 Å². The molecule has 31 heavy (non-hydrogen) atoms. The van der Waals surface area contributed by atoms with Gasteiger partial charge in [-0.25, -0.2) is 4.79 Å². The Bertz CT molecular complexity index is 856. The van der Waals surface area contributed by atoms with Gasteiger partial charge in [-0.15, -0.1) is 0 Å². The lowest BCUT2D eigenvalue weighted by Crippen LogP contribution is -2.51. The zero-order chi connectivity index (χ0) is 22.4. The highest BCUT2D eigenvalue weighted by Gasteiger charge is 2.39. The second kappa shape index (κ2) is 10.3. The maximum atomic E-state index is 13.3. The normalized spacial score (nSPS) is 22.7. The third-order valence-corrected chi connectivity index (χ3v) is 5.00. The Kier molecular flexibility index (Phi) is 7.69. The molecule has 168 valence electrons. The predicted molar refractivity (Wildman–Crippen MR) is 106 cm³/mol. The van der Waals surface area contributed by atoms with Gasteiger partial charge in [-0.3, -0.25) is 0 Å². The van der Waals surface area contributed by atoms with Crippen LogP contribution in [0.25, 0.3) is 0 Å². The minimum atomic E-state index is -4.48. The van der Waals surface area contributed by atoms with Gasteiger partial charge in [-0.2, -0.15) is 13.2 Å². The lowest BCUT2D eigenvalue weighted by atomic mass is 10.1. The van der Waals surface area contributed by atoms with Crippen molar-refractivity contribution < 1.29 is 36.9 Å². The standard InChI is InChI=1S/C23H25F3O5/c1-3-20-29-14-19(28-13-17-11-7-8-12-18(17)23(24,25)26)21(31-20)15(2)30-22(27)16-9-5-4-6-10-16/h4-12,15,19-21H,3,13-14H2,1-2H3/t15?,19-,20+,21+/m0/s1. The second-order valence-corrected chi connectivity index (χ2v) is 7.25. The molecular weight excluding hydrogens is 413 g/mol. The van der Waals surface area contributed by atoms with Crippen molar-refractivity contribution in [3.05, 3.63) is 71.3 Å². The summed E-state index contributed by atoms with van der Waals surface area (Å²) in [5.41, 5.74) is -0.343. The van der Waals surface area contributed by atoms with Crippen molar-refractivity contribution in [3.63, 3.8) is 0 Å². The van der Waals surface area contributed by atoms with E-state index in [-0.39, 0.29) is 18.8 Å². The van der Waals surface area contributed by atoms with Gasteiger partial charge < -0.3 is 18.9 Å². The van der Waals surface area contributed by atoms with Gasteiger partial charge in [0.2, 0.25) is 0 Å². The van der Waals surface area contributed by atoms with Gasteiger partial charge in [0.25, 0.3) is 0 Å². The van der Waals surface area contributed by atoms with Gasteiger partial charge in [0.1, 0.15) is 18.3 Å². The van der Waals surface area contributed by atoms with E-state index in [1.807, 2.05) is 6.92 Å². The Morgan fingerprint density at radius 3 is 2.48 bits per heavy atom. The summed E-state index contributed by atoms with van der Waals surface area (Å²) in [6.45, 7) is 3.39. The van der Waals surface area contributed by atoms with Crippen molar-refractivity contribution >= 4 is 5.97 Å². The largest absolute Gasteiger partial charge is 0.456 e. The summed E-state index contributed by atoms with van der Waals surface area (Å²) in [7, 11) is 0. The van der Waals surface area contributed by atoms with Crippen LogP contribution < -0.4 is 0 Å². The zero-order valence-corrected chi connectivity index (χ0v) is 17.3. The van der Waals surface area contributed by atoms with E-state index in [1.54, 1.807) is 37.3 Å². The van der Waals surface area contributed by atoms with E-state index in [2.05, 4.69) is 0 Å². The lowest BCUT2D eigenvalue weighted by Gasteiger charge is -2.38. The highest BCUT2D eigenvalue weighted by Crippen LogP contribution is 2.33. The first kappa shape index (κ1) is 23.2. The number of alkyl halides is 3. The summed E-state index contributed by atoms with van der Waals surface area (Å²) in [6, 6.07) is 13.8. The molecule has 2 aromatic rings. The molecule has 1 aliphatic rings. The van der Waals surface area contributed by atoms with E-state index in [9.17, 15) is 18.0 Å². The molecule has 2 aromatic carbocycles. The van der Waals surface area contributed by atoms with Crippen LogP contribution in [-0.4, -0.2) is 37.2 Å². The van der Waals surface area contributed by atoms with Gasteiger partial charge in [0.15, 0.2) is 6.29 Å². The average molecular weight is 438 g/mol. The fraction of sp³-hybridized carbons (Fsp3) is 0.435. The molecule has 0 spiro atoms. The number of hydrogen-bond acceptors (Lipinski definition) is 5. The van der Waals surface area contributed by atoms with Gasteiger partial charge in [-0.1, -0.05) is 43.3 Å². The molecule has 1 unspecified atom stereocenters. The topological polar surface area (TPSA) is 54.0 Å². The van der Waals surface area contributed by atoms with Crippen LogP contribution in [-0.2, 0) is 31.7 Å². The molecule has 0 aromatic heterocycles. The predicted octanol–water partition coefficient (Wildman–Crippen LogP) is 4.99. The van der Waals surface area contributed by atoms with E-state index >= 15 is 0 Å². The quantitative estimate of drug-likeness (QED) is 0.571. The minimum Gasteiger partial charge on any atom is -0.456 e. The van der Waals surface area contributed by atoms with E-state index in [4.69, 9.17) is 18.9 Å². The third-order valence-electron chi connectivity index (χ3n) is 5.00. The van der Waals surface area contributed by atoms with Gasteiger partial charge >= 0.3 is 12.1 Å². The number of halogens is 3. The van der Waals surface area contributed by atoms with Crippen molar-refractivity contribution in [1.29, 1.82) is 0 Å². The summed E-state index contributed by atoms with van der Waals surface area (Å²) in [5, 5.41) is 0. The maximum absolute atomic E-state index is 13.3. The van der Waals surface area contributed by atoms with Crippen molar-refractivity contribution in [3.8, 4) is 0 Å². The molecule has 1 fully saturated rings. The van der Waals surface area contributed by atoms with Crippen LogP contribution in [0.3, 0.4) is 0 Å². The molecule has 0 amide bonds. The Hall–Kier alpha value is -2.42. The molecule has 1 saturated heterocycles. The van der Waals surface area contributed by atoms with E-state index in [1.165, 1.54) is 18.2 Å². The van der Waals surface area contributed by atoms with Crippen LogP contribution in [0.15, 0.2) is 54.6 Å². The maximum Gasteiger partial charge on any atom is 0.416 e. The SMILES string of the molecule is CC[C@@H]1OC[C@H](OCc2ccccc2C(F)(F)F)[C@@H](C(C)OC(=O)c2ccccc2)O1. The van der Waals surface area contributed by atoms with Crippen molar-refractivity contribution in [2.24, 2.45) is 0 Å². The molecule has 0 aliphatic carbocycles. The van der Waals surface area contributed by atoms with Gasteiger partial charge in [0.05, 0.1) is 24.3 Å². The number of ether oxygens (including phenoxy) is 4. The molecule has 1 heterocycles. The smallest absolute Gasteiger partial charge is 0.416 e. The number of rotatable bonds is 7. The van der Waals surface area contributed by atoms with Crippen LogP contribution in [0.2, 0.25) is 0 Å². The van der Waals surface area contributed by atoms with Crippen LogP contribution in [0.5, 0.6) is 0 Å². The molecule has 1 aliphatic heterocycles. The molecule has 8 heteroatoms. The highest BCUT2D eigenvalue weighted by molar-refractivity contribution is 5.89. The number of carbonyl (C=O) groups excluding carboxylic acids is 1. The molecule has 0 bridgehead atoms. The van der Waals surface area contributed by atoms with Crippen LogP contribution in [0, 0.1) is 0 Å².